The van der Waals surface area contributed by atoms with Crippen LogP contribution >= 0.6 is 0 Å². The third-order valence-corrected chi connectivity index (χ3v) is 4.17. The summed E-state index contributed by atoms with van der Waals surface area (Å²) in [5, 5.41) is 0. The molecule has 0 saturated carbocycles. The molecule has 1 heterocycles. The number of carbonyl (C=O) groups excluding carboxylic acids is 1. The maximum atomic E-state index is 11.9. The van der Waals surface area contributed by atoms with E-state index in [1.165, 1.54) is 5.56 Å². The van der Waals surface area contributed by atoms with Crippen LogP contribution in [0.1, 0.15) is 38.8 Å². The van der Waals surface area contributed by atoms with Crippen molar-refractivity contribution in [2.45, 2.75) is 39.3 Å². The molecule has 3 heteroatoms. The van der Waals surface area contributed by atoms with Crippen molar-refractivity contribution in [3.63, 3.8) is 0 Å². The Kier molecular flexibility index (Phi) is 4.59. The summed E-state index contributed by atoms with van der Waals surface area (Å²) >= 11 is 0. The number of likely N-dealkylation sites (tertiary alicyclic amines) is 1. The van der Waals surface area contributed by atoms with E-state index in [0.29, 0.717) is 12.6 Å². The molecule has 1 aliphatic rings. The zero-order valence-corrected chi connectivity index (χ0v) is 12.0. The molecule has 1 fully saturated rings. The Hall–Kier alpha value is -1.35. The minimum absolute atomic E-state index is 0.0195. The van der Waals surface area contributed by atoms with E-state index in [2.05, 4.69) is 43.0 Å². The van der Waals surface area contributed by atoms with Gasteiger partial charge in [-0.1, -0.05) is 30.3 Å². The maximum absolute atomic E-state index is 11.9. The van der Waals surface area contributed by atoms with Gasteiger partial charge in [0, 0.05) is 12.1 Å². The van der Waals surface area contributed by atoms with Gasteiger partial charge in [-0.05, 0) is 39.3 Å². The van der Waals surface area contributed by atoms with Crippen molar-refractivity contribution >= 4 is 5.97 Å². The minimum Gasteiger partial charge on any atom is -0.466 e. The van der Waals surface area contributed by atoms with Crippen molar-refractivity contribution in [1.29, 1.82) is 0 Å². The van der Waals surface area contributed by atoms with Crippen LogP contribution in [0, 0.1) is 5.92 Å². The van der Waals surface area contributed by atoms with Crippen LogP contribution in [-0.2, 0) is 9.53 Å². The van der Waals surface area contributed by atoms with E-state index >= 15 is 0 Å². The molecule has 0 unspecified atom stereocenters. The lowest BCUT2D eigenvalue weighted by atomic mass is 10.0. The lowest BCUT2D eigenvalue weighted by molar-refractivity contribution is -0.148. The molecule has 2 rings (SSSR count). The summed E-state index contributed by atoms with van der Waals surface area (Å²) in [5.41, 5.74) is 1.30. The van der Waals surface area contributed by atoms with Gasteiger partial charge in [0.1, 0.15) is 0 Å². The largest absolute Gasteiger partial charge is 0.466 e. The van der Waals surface area contributed by atoms with Crippen molar-refractivity contribution in [1.82, 2.24) is 4.90 Å². The molecule has 3 atom stereocenters. The highest BCUT2D eigenvalue weighted by Gasteiger charge is 2.38. The average molecular weight is 261 g/mol. The maximum Gasteiger partial charge on any atom is 0.310 e. The summed E-state index contributed by atoms with van der Waals surface area (Å²) in [6, 6.07) is 11.0. The first-order valence-corrected chi connectivity index (χ1v) is 7.12. The number of nitrogens with zero attached hydrogens (tertiary/aromatic N) is 1. The van der Waals surface area contributed by atoms with Gasteiger partial charge in [-0.2, -0.15) is 0 Å². The van der Waals surface area contributed by atoms with Gasteiger partial charge in [0.05, 0.1) is 12.5 Å². The normalized spacial score (nSPS) is 25.2. The van der Waals surface area contributed by atoms with Crippen LogP contribution in [0.25, 0.3) is 0 Å². The highest BCUT2D eigenvalue weighted by atomic mass is 16.5. The van der Waals surface area contributed by atoms with Gasteiger partial charge in [-0.15, -0.1) is 0 Å². The molecule has 0 radical (unpaired) electrons. The quantitative estimate of drug-likeness (QED) is 0.780. The zero-order valence-electron chi connectivity index (χ0n) is 12.0. The monoisotopic (exact) mass is 261 g/mol. The predicted molar refractivity (Wildman–Crippen MR) is 75.8 cm³/mol. The number of hydrogen-bond donors (Lipinski definition) is 0. The van der Waals surface area contributed by atoms with Crippen molar-refractivity contribution in [2.24, 2.45) is 5.92 Å². The van der Waals surface area contributed by atoms with E-state index < -0.39 is 0 Å². The van der Waals surface area contributed by atoms with Crippen LogP contribution in [0.5, 0.6) is 0 Å². The number of carbonyl (C=O) groups is 1. The number of hydrogen-bond acceptors (Lipinski definition) is 3. The molecule has 0 amide bonds. The van der Waals surface area contributed by atoms with E-state index in [1.54, 1.807) is 0 Å². The Labute approximate surface area is 115 Å². The smallest absolute Gasteiger partial charge is 0.310 e. The Morgan fingerprint density at radius 1 is 1.42 bits per heavy atom. The summed E-state index contributed by atoms with van der Waals surface area (Å²) in [5.74, 6) is -0.0242. The second-order valence-corrected chi connectivity index (χ2v) is 5.21. The Bertz CT molecular complexity index is 418. The summed E-state index contributed by atoms with van der Waals surface area (Å²) < 4.78 is 5.16. The molecule has 104 valence electrons. The van der Waals surface area contributed by atoms with Crippen LogP contribution in [0.2, 0.25) is 0 Å². The van der Waals surface area contributed by atoms with Gasteiger partial charge >= 0.3 is 5.97 Å². The fourth-order valence-corrected chi connectivity index (χ4v) is 3.00. The van der Waals surface area contributed by atoms with Crippen LogP contribution in [0.4, 0.5) is 0 Å². The Balaban J connectivity index is 2.05. The zero-order chi connectivity index (χ0) is 13.8. The highest BCUT2D eigenvalue weighted by molar-refractivity contribution is 5.73. The van der Waals surface area contributed by atoms with Gasteiger partial charge in [-0.25, -0.2) is 0 Å². The fourth-order valence-electron chi connectivity index (χ4n) is 3.00. The van der Waals surface area contributed by atoms with Gasteiger partial charge in [0.25, 0.3) is 0 Å². The van der Waals surface area contributed by atoms with E-state index in [9.17, 15) is 4.79 Å². The van der Waals surface area contributed by atoms with Crippen LogP contribution in [0.3, 0.4) is 0 Å². The second kappa shape index (κ2) is 6.20. The standard InChI is InChI=1S/C16H23NO2/c1-4-19-16(18)15-10-11-17(13(15)3)12(2)14-8-6-5-7-9-14/h5-9,12-13,15H,4,10-11H2,1-3H3/t12-,13-,15-/m0/s1. The number of esters is 1. The van der Waals surface area contributed by atoms with Crippen molar-refractivity contribution in [3.05, 3.63) is 35.9 Å². The van der Waals surface area contributed by atoms with Gasteiger partial charge in [-0.3, -0.25) is 9.69 Å². The summed E-state index contributed by atoms with van der Waals surface area (Å²) in [6.45, 7) is 7.63. The molecular formula is C16H23NO2. The van der Waals surface area contributed by atoms with Crippen molar-refractivity contribution in [3.8, 4) is 0 Å². The molecule has 3 nitrogen and oxygen atoms in total. The van der Waals surface area contributed by atoms with Gasteiger partial charge < -0.3 is 4.74 Å². The molecule has 0 N–H and O–H groups in total. The third-order valence-electron chi connectivity index (χ3n) is 4.17. The predicted octanol–water partition coefficient (Wildman–Crippen LogP) is 3.02. The molecule has 0 bridgehead atoms. The molecular weight excluding hydrogens is 238 g/mol. The van der Waals surface area contributed by atoms with Crippen LogP contribution < -0.4 is 0 Å². The molecule has 1 saturated heterocycles. The van der Waals surface area contributed by atoms with Gasteiger partial charge in [0.15, 0.2) is 0 Å². The first-order chi connectivity index (χ1) is 9.15. The molecule has 0 aromatic heterocycles. The van der Waals surface area contributed by atoms with E-state index in [4.69, 9.17) is 4.74 Å². The second-order valence-electron chi connectivity index (χ2n) is 5.21. The fraction of sp³-hybridized carbons (Fsp3) is 0.562. The Morgan fingerprint density at radius 3 is 2.74 bits per heavy atom. The van der Waals surface area contributed by atoms with Crippen LogP contribution in [0.15, 0.2) is 30.3 Å². The summed E-state index contributed by atoms with van der Waals surface area (Å²) in [4.78, 5) is 14.3. The Morgan fingerprint density at radius 2 is 2.11 bits per heavy atom. The topological polar surface area (TPSA) is 29.5 Å². The molecule has 1 aromatic rings. The SMILES string of the molecule is CCOC(=O)[C@H]1CCN([C@@H](C)c2ccccc2)[C@H]1C. The number of benzene rings is 1. The molecule has 0 aliphatic carbocycles. The van der Waals surface area contributed by atoms with Crippen molar-refractivity contribution in [2.75, 3.05) is 13.2 Å². The number of ether oxygens (including phenoxy) is 1. The molecule has 0 spiro atoms. The number of rotatable bonds is 4. The first-order valence-electron chi connectivity index (χ1n) is 7.12. The van der Waals surface area contributed by atoms with E-state index in [-0.39, 0.29) is 17.9 Å². The minimum atomic E-state index is -0.0437. The molecule has 1 aromatic carbocycles. The average Bonchev–Trinajstić information content (AvgIpc) is 2.81. The van der Waals surface area contributed by atoms with Gasteiger partial charge in [0.2, 0.25) is 0 Å². The lowest BCUT2D eigenvalue weighted by Gasteiger charge is -2.30. The molecule has 1 aliphatic heterocycles. The van der Waals surface area contributed by atoms with Crippen LogP contribution in [-0.4, -0.2) is 30.1 Å². The molecule has 19 heavy (non-hydrogen) atoms. The highest BCUT2D eigenvalue weighted by Crippen LogP contribution is 2.33. The van der Waals surface area contributed by atoms with Crippen molar-refractivity contribution < 1.29 is 9.53 Å². The first kappa shape index (κ1) is 14.1. The summed E-state index contributed by atoms with van der Waals surface area (Å²) in [6.07, 6.45) is 0.900. The summed E-state index contributed by atoms with van der Waals surface area (Å²) in [7, 11) is 0. The van der Waals surface area contributed by atoms with E-state index in [0.717, 1.165) is 13.0 Å². The third kappa shape index (κ3) is 2.98. The van der Waals surface area contributed by atoms with E-state index in [1.807, 2.05) is 13.0 Å². The lowest BCUT2D eigenvalue weighted by Crippen LogP contribution is -2.35.